The van der Waals surface area contributed by atoms with Gasteiger partial charge in [-0.1, -0.05) is 12.1 Å². The number of fused-ring (bicyclic) bond motifs is 1. The summed E-state index contributed by atoms with van der Waals surface area (Å²) in [6.45, 7) is -0.116. The van der Waals surface area contributed by atoms with Crippen molar-refractivity contribution in [2.45, 2.75) is 6.61 Å². The molecule has 12 nitrogen and oxygen atoms in total. The lowest BCUT2D eigenvalue weighted by Gasteiger charge is -2.13. The van der Waals surface area contributed by atoms with Crippen molar-refractivity contribution in [3.05, 3.63) is 133 Å². The van der Waals surface area contributed by atoms with Crippen molar-refractivity contribution in [3.8, 4) is 11.5 Å². The molecule has 0 unspecified atom stereocenters. The number of hydrogen-bond donors (Lipinski definition) is 0. The monoisotopic (exact) mass is 539 g/mol. The third-order valence-corrected chi connectivity index (χ3v) is 5.99. The van der Waals surface area contributed by atoms with E-state index in [1.54, 1.807) is 24.3 Å². The molecule has 0 saturated carbocycles. The molecule has 0 N–H and O–H groups in total. The number of carbonyl (C=O) groups excluding carboxylic acids is 3. The number of hydrogen-bond acceptors (Lipinski definition) is 9. The van der Waals surface area contributed by atoms with Gasteiger partial charge in [-0.05, 0) is 60.2 Å². The fraction of sp³-hybridized carbons (Fsp3) is 0.0357. The van der Waals surface area contributed by atoms with Gasteiger partial charge in [0.25, 0.3) is 23.2 Å². The number of amides is 2. The number of esters is 1. The molecule has 4 aromatic carbocycles. The minimum absolute atomic E-state index is 0.0105. The fourth-order valence-electron chi connectivity index (χ4n) is 4.03. The standard InChI is InChI=1S/C28H17N3O9/c32-26-24-13-4-18(15-25(24)27(33)29(26)19-5-7-20(8-6-19)30(35)36)28(34)39-16-17-2-1-3-23(14-17)40-22-11-9-21(10-12-22)31(37)38/h1-15H,16H2. The second kappa shape index (κ2) is 10.5. The summed E-state index contributed by atoms with van der Waals surface area (Å²) in [6.07, 6.45) is 0. The molecule has 198 valence electrons. The Balaban J connectivity index is 1.25. The molecule has 12 heteroatoms. The van der Waals surface area contributed by atoms with E-state index in [4.69, 9.17) is 9.47 Å². The maximum atomic E-state index is 13.0. The van der Waals surface area contributed by atoms with E-state index in [9.17, 15) is 34.6 Å². The molecular formula is C28H17N3O9. The molecule has 5 rings (SSSR count). The van der Waals surface area contributed by atoms with Crippen molar-refractivity contribution in [1.29, 1.82) is 0 Å². The van der Waals surface area contributed by atoms with E-state index in [0.29, 0.717) is 17.1 Å². The van der Waals surface area contributed by atoms with Crippen molar-refractivity contribution in [1.82, 2.24) is 0 Å². The third-order valence-electron chi connectivity index (χ3n) is 5.99. The maximum absolute atomic E-state index is 13.0. The largest absolute Gasteiger partial charge is 0.457 e. The first-order chi connectivity index (χ1) is 19.2. The Morgan fingerprint density at radius 3 is 2.00 bits per heavy atom. The highest BCUT2D eigenvalue weighted by Crippen LogP contribution is 2.31. The fourth-order valence-corrected chi connectivity index (χ4v) is 4.03. The maximum Gasteiger partial charge on any atom is 0.338 e. The number of imide groups is 1. The molecule has 0 aromatic heterocycles. The summed E-state index contributed by atoms with van der Waals surface area (Å²) in [5.74, 6) is -1.19. The molecule has 0 fully saturated rings. The molecule has 1 heterocycles. The Hall–Kier alpha value is -5.91. The number of carbonyl (C=O) groups is 3. The van der Waals surface area contributed by atoms with Crippen LogP contribution in [0.15, 0.2) is 91.0 Å². The van der Waals surface area contributed by atoms with Crippen molar-refractivity contribution < 1.29 is 33.7 Å². The second-order valence-electron chi connectivity index (χ2n) is 8.56. The average molecular weight is 539 g/mol. The summed E-state index contributed by atoms with van der Waals surface area (Å²) in [5.41, 5.74) is 0.677. The quantitative estimate of drug-likeness (QED) is 0.123. The van der Waals surface area contributed by atoms with Gasteiger partial charge in [-0.2, -0.15) is 0 Å². The van der Waals surface area contributed by atoms with Gasteiger partial charge < -0.3 is 9.47 Å². The number of nitro groups is 2. The summed E-state index contributed by atoms with van der Waals surface area (Å²) < 4.78 is 11.1. The second-order valence-corrected chi connectivity index (χ2v) is 8.56. The number of non-ortho nitro benzene ring substituents is 2. The van der Waals surface area contributed by atoms with Crippen LogP contribution in [0.2, 0.25) is 0 Å². The van der Waals surface area contributed by atoms with Gasteiger partial charge in [0.2, 0.25) is 0 Å². The minimum atomic E-state index is -0.724. The van der Waals surface area contributed by atoms with Crippen LogP contribution >= 0.6 is 0 Å². The molecule has 0 radical (unpaired) electrons. The van der Waals surface area contributed by atoms with Crippen LogP contribution in [0.1, 0.15) is 36.6 Å². The molecule has 0 bridgehead atoms. The van der Waals surface area contributed by atoms with Crippen LogP contribution < -0.4 is 9.64 Å². The number of anilines is 1. The van der Waals surface area contributed by atoms with Gasteiger partial charge in [-0.3, -0.25) is 29.8 Å². The van der Waals surface area contributed by atoms with Crippen molar-refractivity contribution in [2.75, 3.05) is 4.90 Å². The number of nitrogens with zero attached hydrogens (tertiary/aromatic N) is 3. The van der Waals surface area contributed by atoms with E-state index in [1.807, 2.05) is 0 Å². The first kappa shape index (κ1) is 25.7. The predicted octanol–water partition coefficient (Wildman–Crippen LogP) is 5.45. The molecule has 1 aliphatic rings. The van der Waals surface area contributed by atoms with E-state index >= 15 is 0 Å². The van der Waals surface area contributed by atoms with Gasteiger partial charge in [0.15, 0.2) is 0 Å². The van der Waals surface area contributed by atoms with E-state index in [1.165, 1.54) is 66.7 Å². The van der Waals surface area contributed by atoms with E-state index < -0.39 is 27.6 Å². The summed E-state index contributed by atoms with van der Waals surface area (Å²) in [5, 5.41) is 21.7. The minimum Gasteiger partial charge on any atom is -0.457 e. The van der Waals surface area contributed by atoms with E-state index in [2.05, 4.69) is 0 Å². The van der Waals surface area contributed by atoms with Gasteiger partial charge in [-0.15, -0.1) is 0 Å². The molecule has 40 heavy (non-hydrogen) atoms. The van der Waals surface area contributed by atoms with Gasteiger partial charge >= 0.3 is 5.97 Å². The Bertz CT molecular complexity index is 1680. The molecule has 4 aromatic rings. The van der Waals surface area contributed by atoms with E-state index in [-0.39, 0.29) is 40.4 Å². The van der Waals surface area contributed by atoms with Crippen LogP contribution in [-0.4, -0.2) is 27.6 Å². The molecule has 1 aliphatic heterocycles. The highest BCUT2D eigenvalue weighted by atomic mass is 16.6. The van der Waals surface area contributed by atoms with Gasteiger partial charge in [0, 0.05) is 24.3 Å². The number of rotatable bonds is 8. The normalized spacial score (nSPS) is 12.2. The zero-order valence-corrected chi connectivity index (χ0v) is 20.4. The van der Waals surface area contributed by atoms with Crippen molar-refractivity contribution in [3.63, 3.8) is 0 Å². The lowest BCUT2D eigenvalue weighted by atomic mass is 10.1. The first-order valence-corrected chi connectivity index (χ1v) is 11.7. The number of ether oxygens (including phenoxy) is 2. The summed E-state index contributed by atoms with van der Waals surface area (Å²) in [6, 6.07) is 21.3. The van der Waals surface area contributed by atoms with Crippen molar-refractivity contribution >= 4 is 34.8 Å². The number of benzene rings is 4. The lowest BCUT2D eigenvalue weighted by Crippen LogP contribution is -2.29. The van der Waals surface area contributed by atoms with Gasteiger partial charge in [-0.25, -0.2) is 9.69 Å². The molecule has 0 saturated heterocycles. The Morgan fingerprint density at radius 2 is 1.35 bits per heavy atom. The van der Waals surface area contributed by atoms with Gasteiger partial charge in [0.05, 0.1) is 32.2 Å². The Labute approximate surface area is 225 Å². The molecule has 0 atom stereocenters. The first-order valence-electron chi connectivity index (χ1n) is 11.7. The van der Waals surface area contributed by atoms with Crippen molar-refractivity contribution in [2.24, 2.45) is 0 Å². The van der Waals surface area contributed by atoms with Crippen LogP contribution in [0, 0.1) is 20.2 Å². The summed E-state index contributed by atoms with van der Waals surface area (Å²) >= 11 is 0. The Kier molecular flexibility index (Phi) is 6.72. The zero-order chi connectivity index (χ0) is 28.4. The van der Waals surface area contributed by atoms with Crippen LogP contribution in [0.3, 0.4) is 0 Å². The topological polar surface area (TPSA) is 159 Å². The van der Waals surface area contributed by atoms with Crippen LogP contribution in [0.5, 0.6) is 11.5 Å². The van der Waals surface area contributed by atoms with Gasteiger partial charge in [0.1, 0.15) is 18.1 Å². The number of nitro benzene ring substituents is 2. The Morgan fingerprint density at radius 1 is 0.725 bits per heavy atom. The van der Waals surface area contributed by atoms with Crippen LogP contribution in [0.25, 0.3) is 0 Å². The molecule has 0 aliphatic carbocycles. The molecule has 2 amide bonds. The van der Waals surface area contributed by atoms with Crippen LogP contribution in [-0.2, 0) is 11.3 Å². The lowest BCUT2D eigenvalue weighted by molar-refractivity contribution is -0.385. The highest BCUT2D eigenvalue weighted by Gasteiger charge is 2.37. The zero-order valence-electron chi connectivity index (χ0n) is 20.4. The van der Waals surface area contributed by atoms with Crippen LogP contribution in [0.4, 0.5) is 17.1 Å². The van der Waals surface area contributed by atoms with E-state index in [0.717, 1.165) is 4.90 Å². The molecule has 0 spiro atoms. The average Bonchev–Trinajstić information content (AvgIpc) is 3.21. The summed E-state index contributed by atoms with van der Waals surface area (Å²) in [7, 11) is 0. The predicted molar refractivity (Wildman–Crippen MR) is 139 cm³/mol. The third kappa shape index (κ3) is 5.09. The SMILES string of the molecule is O=C(OCc1cccc(Oc2ccc([N+](=O)[O-])cc2)c1)c1ccc2c(c1)C(=O)N(c1ccc([N+](=O)[O-])cc1)C2=O. The highest BCUT2D eigenvalue weighted by molar-refractivity contribution is 6.34. The molecular weight excluding hydrogens is 522 g/mol. The smallest absolute Gasteiger partial charge is 0.338 e. The summed E-state index contributed by atoms with van der Waals surface area (Å²) in [4.78, 5) is 60.1.